The van der Waals surface area contributed by atoms with Crippen molar-refractivity contribution in [3.05, 3.63) is 70.8 Å². The number of rotatable bonds is 6. The molecule has 1 saturated heterocycles. The van der Waals surface area contributed by atoms with E-state index in [1.807, 2.05) is 37.8 Å². The summed E-state index contributed by atoms with van der Waals surface area (Å²) in [5.41, 5.74) is 0.872. The van der Waals surface area contributed by atoms with E-state index in [-0.39, 0.29) is 46.5 Å². The molecule has 1 N–H and O–H groups in total. The lowest BCUT2D eigenvalue weighted by molar-refractivity contribution is -0.140. The van der Waals surface area contributed by atoms with Crippen LogP contribution >= 0.6 is 0 Å². The smallest absolute Gasteiger partial charge is 0.434 e. The topological polar surface area (TPSA) is 97.3 Å². The Kier molecular flexibility index (Phi) is 8.38. The summed E-state index contributed by atoms with van der Waals surface area (Å²) in [7, 11) is -1.28. The van der Waals surface area contributed by atoms with Crippen LogP contribution in [0.4, 0.5) is 19.0 Å². The molecule has 2 atom stereocenters. The predicted octanol–water partition coefficient (Wildman–Crippen LogP) is 5.98. The molecule has 1 fully saturated rings. The van der Waals surface area contributed by atoms with Crippen LogP contribution in [0.3, 0.4) is 0 Å². The van der Waals surface area contributed by atoms with Crippen molar-refractivity contribution in [1.29, 1.82) is 0 Å². The molecule has 12 heteroatoms. The second-order valence-corrected chi connectivity index (χ2v) is 14.1. The van der Waals surface area contributed by atoms with Gasteiger partial charge in [0.15, 0.2) is 17.2 Å². The number of hydrogen-bond acceptors (Lipinski definition) is 7. The van der Waals surface area contributed by atoms with E-state index >= 15 is 0 Å². The van der Waals surface area contributed by atoms with Crippen molar-refractivity contribution < 1.29 is 26.9 Å². The summed E-state index contributed by atoms with van der Waals surface area (Å²) in [6.45, 7) is 10.2. The van der Waals surface area contributed by atoms with E-state index in [4.69, 9.17) is 4.74 Å². The number of fused-ring (bicyclic) bond motifs is 1. The lowest BCUT2D eigenvalue weighted by Gasteiger charge is -2.44. The summed E-state index contributed by atoms with van der Waals surface area (Å²) in [5, 5.41) is 0. The first kappa shape index (κ1) is 31.1. The van der Waals surface area contributed by atoms with Gasteiger partial charge in [-0.05, 0) is 82.6 Å². The summed E-state index contributed by atoms with van der Waals surface area (Å²) in [5.74, 6) is -0.470. The van der Waals surface area contributed by atoms with Crippen LogP contribution < -0.4 is 9.62 Å². The summed E-state index contributed by atoms with van der Waals surface area (Å²) >= 11 is 0. The van der Waals surface area contributed by atoms with Gasteiger partial charge in [-0.15, -0.1) is 0 Å². The Morgan fingerprint density at radius 2 is 1.81 bits per heavy atom. The molecule has 230 valence electrons. The van der Waals surface area contributed by atoms with Crippen LogP contribution in [-0.2, 0) is 28.3 Å². The van der Waals surface area contributed by atoms with E-state index in [2.05, 4.69) is 31.8 Å². The Bertz CT molecular complexity index is 1550. The Morgan fingerprint density at radius 1 is 1.12 bits per heavy atom. The molecule has 1 aliphatic heterocycles. The molecular weight excluding hydrogens is 579 g/mol. The van der Waals surface area contributed by atoms with Gasteiger partial charge in [0, 0.05) is 24.8 Å². The van der Waals surface area contributed by atoms with E-state index < -0.39 is 33.6 Å². The van der Waals surface area contributed by atoms with Crippen LogP contribution in [0.1, 0.15) is 79.6 Å². The van der Waals surface area contributed by atoms with Gasteiger partial charge in [-0.2, -0.15) is 13.2 Å². The van der Waals surface area contributed by atoms with E-state index in [1.165, 1.54) is 17.7 Å². The standard InChI is InChI=1S/C31H36F3N5O3S/c1-6-42-28(40)24-27(36-19(2)23(37-24)22-12-9-15-35-26(22)31(32,33)34)39-16-13-30(14-17-39)18-20-10-7-8-11-21(20)25(30)38-43(41)29(3,4)5/h7-12,15,25,38H,6,13-14,16-18H2,1-5H3/t25-,43-/m1/s1. The molecule has 1 spiro atoms. The predicted molar refractivity (Wildman–Crippen MR) is 159 cm³/mol. The number of piperidine rings is 1. The summed E-state index contributed by atoms with van der Waals surface area (Å²) in [6, 6.07) is 10.8. The number of aryl methyl sites for hydroxylation is 1. The van der Waals surface area contributed by atoms with Gasteiger partial charge in [-0.1, -0.05) is 24.3 Å². The summed E-state index contributed by atoms with van der Waals surface area (Å²) < 4.78 is 62.9. The van der Waals surface area contributed by atoms with E-state index in [9.17, 15) is 22.2 Å². The van der Waals surface area contributed by atoms with Crippen LogP contribution in [0.5, 0.6) is 0 Å². The molecule has 0 amide bonds. The zero-order valence-corrected chi connectivity index (χ0v) is 25.7. The number of aromatic nitrogens is 3. The zero-order chi connectivity index (χ0) is 31.2. The van der Waals surface area contributed by atoms with Gasteiger partial charge in [0.05, 0.1) is 39.8 Å². The molecule has 0 unspecified atom stereocenters. The molecule has 1 aliphatic carbocycles. The SMILES string of the molecule is CCOC(=O)c1nc(-c2cccnc2C(F)(F)F)c(C)nc1N1CCC2(CC1)Cc1ccccc1[C@H]2N[S@](=O)C(C)(C)C. The number of hydrogen-bond donors (Lipinski definition) is 1. The zero-order valence-electron chi connectivity index (χ0n) is 24.9. The lowest BCUT2D eigenvalue weighted by atomic mass is 9.73. The monoisotopic (exact) mass is 615 g/mol. The van der Waals surface area contributed by atoms with E-state index in [0.29, 0.717) is 25.9 Å². The fraction of sp³-hybridized carbons (Fsp3) is 0.484. The van der Waals surface area contributed by atoms with Gasteiger partial charge in [0.2, 0.25) is 0 Å². The first-order valence-corrected chi connectivity index (χ1v) is 15.5. The number of benzene rings is 1. The van der Waals surface area contributed by atoms with Crippen molar-refractivity contribution in [1.82, 2.24) is 19.7 Å². The van der Waals surface area contributed by atoms with Gasteiger partial charge in [0.1, 0.15) is 0 Å². The molecule has 0 bridgehead atoms. The summed E-state index contributed by atoms with van der Waals surface area (Å²) in [6.07, 6.45) is -1.39. The van der Waals surface area contributed by atoms with E-state index in [1.54, 1.807) is 13.8 Å². The highest BCUT2D eigenvalue weighted by atomic mass is 32.2. The van der Waals surface area contributed by atoms with Crippen molar-refractivity contribution in [2.75, 3.05) is 24.6 Å². The van der Waals surface area contributed by atoms with Gasteiger partial charge in [-0.25, -0.2) is 23.7 Å². The molecule has 2 aliphatic rings. The molecule has 8 nitrogen and oxygen atoms in total. The van der Waals surface area contributed by atoms with Gasteiger partial charge >= 0.3 is 12.1 Å². The average molecular weight is 616 g/mol. The van der Waals surface area contributed by atoms with E-state index in [0.717, 1.165) is 18.2 Å². The van der Waals surface area contributed by atoms with Crippen molar-refractivity contribution in [3.63, 3.8) is 0 Å². The molecule has 1 aromatic carbocycles. The molecular formula is C31H36F3N5O3S. The maximum atomic E-state index is 13.8. The minimum absolute atomic E-state index is 0.0686. The first-order valence-electron chi connectivity index (χ1n) is 14.3. The number of carbonyl (C=O) groups is 1. The van der Waals surface area contributed by atoms with Crippen molar-refractivity contribution in [3.8, 4) is 11.3 Å². The van der Waals surface area contributed by atoms with Gasteiger partial charge < -0.3 is 9.64 Å². The van der Waals surface area contributed by atoms with Crippen LogP contribution in [0.15, 0.2) is 42.6 Å². The molecule has 0 radical (unpaired) electrons. The molecule has 3 aromatic rings. The second kappa shape index (κ2) is 11.6. The third kappa shape index (κ3) is 6.04. The quantitative estimate of drug-likeness (QED) is 0.341. The maximum Gasteiger partial charge on any atom is 0.434 e. The summed E-state index contributed by atoms with van der Waals surface area (Å²) in [4.78, 5) is 27.7. The number of nitrogens with zero attached hydrogens (tertiary/aromatic N) is 4. The highest BCUT2D eigenvalue weighted by molar-refractivity contribution is 7.84. The highest BCUT2D eigenvalue weighted by Gasteiger charge is 2.49. The molecule has 0 saturated carbocycles. The third-order valence-electron chi connectivity index (χ3n) is 8.21. The molecule has 5 rings (SSSR count). The minimum Gasteiger partial charge on any atom is -0.461 e. The number of carbonyl (C=O) groups excluding carboxylic acids is 1. The Balaban J connectivity index is 1.49. The van der Waals surface area contributed by atoms with Crippen LogP contribution in [0.25, 0.3) is 11.3 Å². The van der Waals surface area contributed by atoms with Gasteiger partial charge in [-0.3, -0.25) is 4.98 Å². The number of ether oxygens (including phenoxy) is 1. The van der Waals surface area contributed by atoms with Crippen molar-refractivity contribution in [2.45, 2.75) is 70.8 Å². The highest BCUT2D eigenvalue weighted by Crippen LogP contribution is 2.53. The Hall–Kier alpha value is -3.38. The van der Waals surface area contributed by atoms with Crippen LogP contribution in [0.2, 0.25) is 0 Å². The van der Waals surface area contributed by atoms with Gasteiger partial charge in [0.25, 0.3) is 0 Å². The van der Waals surface area contributed by atoms with Crippen molar-refractivity contribution >= 4 is 22.8 Å². The number of pyridine rings is 1. The number of alkyl halides is 3. The van der Waals surface area contributed by atoms with Crippen LogP contribution in [0, 0.1) is 12.3 Å². The number of nitrogens with one attached hydrogen (secondary N) is 1. The fourth-order valence-electron chi connectivity index (χ4n) is 6.03. The molecule has 2 aromatic heterocycles. The first-order chi connectivity index (χ1) is 20.2. The normalized spacial score (nSPS) is 18.9. The van der Waals surface area contributed by atoms with Crippen LogP contribution in [-0.4, -0.2) is 49.6 Å². The lowest BCUT2D eigenvalue weighted by Crippen LogP contribution is -2.48. The molecule has 43 heavy (non-hydrogen) atoms. The fourth-order valence-corrected chi connectivity index (χ4v) is 6.98. The Morgan fingerprint density at radius 3 is 2.47 bits per heavy atom. The minimum atomic E-state index is -4.71. The molecule has 3 heterocycles. The maximum absolute atomic E-state index is 13.8. The van der Waals surface area contributed by atoms with Crippen molar-refractivity contribution in [2.24, 2.45) is 5.41 Å². The number of esters is 1. The number of halogens is 3. The largest absolute Gasteiger partial charge is 0.461 e. The third-order valence-corrected chi connectivity index (χ3v) is 9.77. The average Bonchev–Trinajstić information content (AvgIpc) is 3.24. The number of anilines is 1. The second-order valence-electron chi connectivity index (χ2n) is 12.1. The Labute approximate surface area is 252 Å².